The summed E-state index contributed by atoms with van der Waals surface area (Å²) in [5.41, 5.74) is 3.88. The molecule has 3 aromatic carbocycles. The van der Waals surface area contributed by atoms with Gasteiger partial charge >= 0.3 is 18.2 Å². The molecular weight excluding hydrogens is 493 g/mol. The van der Waals surface area contributed by atoms with Gasteiger partial charge in [-0.15, -0.1) is 0 Å². The number of carbonyl (C=O) groups is 2. The number of carboxylic acids is 1. The Balaban J connectivity index is 1.26. The standard InChI is InChI=1S/C30H29F3N2O3/c31-30(32,33)25-3-1-2-4-26(25)34-29(38)35-16-15-24-18-23(13-14-27(24)35)22-11-9-21(10-12-22)20-7-5-19(6-8-20)17-28(36)37/h1-4,9-14,18-20H,5-8,15-17H2,(H,34,38)(H,36,37)/t19-,20-. The summed E-state index contributed by atoms with van der Waals surface area (Å²) in [5, 5.41) is 11.5. The Kier molecular flexibility index (Phi) is 7.15. The monoisotopic (exact) mass is 522 g/mol. The summed E-state index contributed by atoms with van der Waals surface area (Å²) in [5.74, 6) is 0.00168. The summed E-state index contributed by atoms with van der Waals surface area (Å²) in [6.45, 7) is 0.391. The van der Waals surface area contributed by atoms with Crippen molar-refractivity contribution in [2.45, 2.75) is 50.6 Å². The maximum Gasteiger partial charge on any atom is 0.418 e. The molecule has 1 saturated carbocycles. The van der Waals surface area contributed by atoms with E-state index in [-0.39, 0.29) is 18.0 Å². The van der Waals surface area contributed by atoms with Gasteiger partial charge < -0.3 is 10.4 Å². The molecule has 38 heavy (non-hydrogen) atoms. The number of halogens is 3. The zero-order chi connectivity index (χ0) is 26.9. The Bertz CT molecular complexity index is 1330. The van der Waals surface area contributed by atoms with Crippen LogP contribution in [0.25, 0.3) is 11.1 Å². The van der Waals surface area contributed by atoms with Crippen LogP contribution in [0.2, 0.25) is 0 Å². The van der Waals surface area contributed by atoms with Crippen LogP contribution in [0.3, 0.4) is 0 Å². The van der Waals surface area contributed by atoms with Gasteiger partial charge in [0.25, 0.3) is 0 Å². The highest BCUT2D eigenvalue weighted by molar-refractivity contribution is 6.03. The number of anilines is 2. The Hall–Kier alpha value is -3.81. The van der Waals surface area contributed by atoms with Gasteiger partial charge in [0.1, 0.15) is 0 Å². The third kappa shape index (κ3) is 5.54. The zero-order valence-corrected chi connectivity index (χ0v) is 20.8. The largest absolute Gasteiger partial charge is 0.481 e. The molecule has 3 aromatic rings. The van der Waals surface area contributed by atoms with E-state index in [9.17, 15) is 22.8 Å². The van der Waals surface area contributed by atoms with E-state index in [2.05, 4.69) is 29.6 Å². The van der Waals surface area contributed by atoms with Gasteiger partial charge in [-0.1, -0.05) is 42.5 Å². The van der Waals surface area contributed by atoms with E-state index >= 15 is 0 Å². The number of fused-ring (bicyclic) bond motifs is 1. The van der Waals surface area contributed by atoms with Crippen molar-refractivity contribution in [2.75, 3.05) is 16.8 Å². The number of rotatable bonds is 5. The van der Waals surface area contributed by atoms with Crippen LogP contribution in [-0.4, -0.2) is 23.7 Å². The molecule has 1 fully saturated rings. The number of carboxylic acid groups (broad SMARTS) is 1. The lowest BCUT2D eigenvalue weighted by Crippen LogP contribution is -2.34. The predicted octanol–water partition coefficient (Wildman–Crippen LogP) is 7.72. The number of para-hydroxylation sites is 1. The highest BCUT2D eigenvalue weighted by Gasteiger charge is 2.34. The molecule has 0 bridgehead atoms. The van der Waals surface area contributed by atoms with E-state index in [0.717, 1.165) is 48.4 Å². The van der Waals surface area contributed by atoms with E-state index < -0.39 is 23.7 Å². The molecule has 0 atom stereocenters. The quantitative estimate of drug-likeness (QED) is 0.361. The number of carbonyl (C=O) groups excluding carboxylic acids is 1. The SMILES string of the molecule is O=C(O)C[C@H]1CC[C@H](c2ccc(-c3ccc4c(c3)CCN4C(=O)Nc3ccccc3C(F)(F)F)cc2)CC1. The third-order valence-corrected chi connectivity index (χ3v) is 7.72. The topological polar surface area (TPSA) is 69.6 Å². The fourth-order valence-electron chi connectivity index (χ4n) is 5.71. The van der Waals surface area contributed by atoms with Gasteiger partial charge in [-0.2, -0.15) is 13.2 Å². The van der Waals surface area contributed by atoms with Gasteiger partial charge in [0.2, 0.25) is 0 Å². The second-order valence-corrected chi connectivity index (χ2v) is 10.2. The first kappa shape index (κ1) is 25.8. The van der Waals surface area contributed by atoms with Crippen LogP contribution in [0.1, 0.15) is 54.7 Å². The second-order valence-electron chi connectivity index (χ2n) is 10.2. The number of alkyl halides is 3. The maximum absolute atomic E-state index is 13.3. The minimum absolute atomic E-state index is 0.254. The molecule has 5 rings (SSSR count). The van der Waals surface area contributed by atoms with Crippen molar-refractivity contribution < 1.29 is 27.9 Å². The summed E-state index contributed by atoms with van der Waals surface area (Å²) in [7, 11) is 0. The van der Waals surface area contributed by atoms with Crippen LogP contribution in [0.15, 0.2) is 66.7 Å². The normalized spacial score (nSPS) is 19.2. The van der Waals surface area contributed by atoms with Crippen molar-refractivity contribution in [2.24, 2.45) is 5.92 Å². The van der Waals surface area contributed by atoms with E-state index in [0.29, 0.717) is 24.6 Å². The summed E-state index contributed by atoms with van der Waals surface area (Å²) < 4.78 is 40.0. The lowest BCUT2D eigenvalue weighted by molar-refractivity contribution is -0.138. The number of aliphatic carboxylic acids is 1. The Morgan fingerprint density at radius 3 is 2.29 bits per heavy atom. The Morgan fingerprint density at radius 1 is 0.921 bits per heavy atom. The van der Waals surface area contributed by atoms with Gasteiger partial charge in [-0.05, 0) is 90.5 Å². The molecule has 0 radical (unpaired) electrons. The molecule has 5 nitrogen and oxygen atoms in total. The van der Waals surface area contributed by atoms with E-state index in [1.54, 1.807) is 0 Å². The van der Waals surface area contributed by atoms with Gasteiger partial charge in [-0.25, -0.2) is 4.79 Å². The van der Waals surface area contributed by atoms with Crippen molar-refractivity contribution in [3.63, 3.8) is 0 Å². The minimum Gasteiger partial charge on any atom is -0.481 e. The van der Waals surface area contributed by atoms with Crippen molar-refractivity contribution in [1.82, 2.24) is 0 Å². The van der Waals surface area contributed by atoms with Crippen LogP contribution >= 0.6 is 0 Å². The predicted molar refractivity (Wildman–Crippen MR) is 140 cm³/mol. The summed E-state index contributed by atoms with van der Waals surface area (Å²) in [6.07, 6.45) is 0.198. The van der Waals surface area contributed by atoms with Gasteiger partial charge in [-0.3, -0.25) is 9.69 Å². The van der Waals surface area contributed by atoms with Crippen LogP contribution in [0.4, 0.5) is 29.3 Å². The first-order chi connectivity index (χ1) is 18.2. The van der Waals surface area contributed by atoms with Gasteiger partial charge in [0.05, 0.1) is 11.3 Å². The number of benzene rings is 3. The molecule has 0 saturated heterocycles. The van der Waals surface area contributed by atoms with Crippen molar-refractivity contribution >= 4 is 23.4 Å². The van der Waals surface area contributed by atoms with Crippen molar-refractivity contribution in [3.05, 3.63) is 83.4 Å². The number of hydrogen-bond donors (Lipinski definition) is 2. The molecule has 8 heteroatoms. The Labute approximate surface area is 219 Å². The number of nitrogens with one attached hydrogen (secondary N) is 1. The first-order valence-corrected chi connectivity index (χ1v) is 12.9. The molecule has 0 aromatic heterocycles. The van der Waals surface area contributed by atoms with E-state index in [1.165, 1.54) is 28.7 Å². The first-order valence-electron chi connectivity index (χ1n) is 12.9. The van der Waals surface area contributed by atoms with E-state index in [4.69, 9.17) is 5.11 Å². The third-order valence-electron chi connectivity index (χ3n) is 7.72. The fraction of sp³-hybridized carbons (Fsp3) is 0.333. The van der Waals surface area contributed by atoms with Crippen LogP contribution in [0.5, 0.6) is 0 Å². The molecule has 198 valence electrons. The van der Waals surface area contributed by atoms with Gasteiger partial charge in [0.15, 0.2) is 0 Å². The fourth-order valence-corrected chi connectivity index (χ4v) is 5.71. The summed E-state index contributed by atoms with van der Waals surface area (Å²) in [4.78, 5) is 25.3. The molecule has 1 heterocycles. The molecule has 2 aliphatic rings. The molecule has 1 aliphatic carbocycles. The average Bonchev–Trinajstić information content (AvgIpc) is 3.32. The molecule has 2 amide bonds. The lowest BCUT2D eigenvalue weighted by Gasteiger charge is -2.28. The van der Waals surface area contributed by atoms with Crippen LogP contribution in [-0.2, 0) is 17.4 Å². The molecule has 0 unspecified atom stereocenters. The van der Waals surface area contributed by atoms with Crippen LogP contribution in [0, 0.1) is 5.92 Å². The van der Waals surface area contributed by atoms with Crippen LogP contribution < -0.4 is 10.2 Å². The molecule has 0 spiro atoms. The second kappa shape index (κ2) is 10.5. The number of hydrogen-bond acceptors (Lipinski definition) is 2. The summed E-state index contributed by atoms with van der Waals surface area (Å²) >= 11 is 0. The highest BCUT2D eigenvalue weighted by atomic mass is 19.4. The van der Waals surface area contributed by atoms with Crippen molar-refractivity contribution in [3.8, 4) is 11.1 Å². The molecule has 1 aliphatic heterocycles. The highest BCUT2D eigenvalue weighted by Crippen LogP contribution is 2.39. The zero-order valence-electron chi connectivity index (χ0n) is 20.8. The summed E-state index contributed by atoms with van der Waals surface area (Å²) in [6, 6.07) is 18.7. The Morgan fingerprint density at radius 2 is 1.61 bits per heavy atom. The lowest BCUT2D eigenvalue weighted by atomic mass is 9.77. The number of amides is 2. The maximum atomic E-state index is 13.3. The smallest absolute Gasteiger partial charge is 0.418 e. The average molecular weight is 523 g/mol. The molecular formula is C30H29F3N2O3. The molecule has 2 N–H and O–H groups in total. The van der Waals surface area contributed by atoms with Crippen molar-refractivity contribution in [1.29, 1.82) is 0 Å². The number of nitrogens with zero attached hydrogens (tertiary/aromatic N) is 1. The van der Waals surface area contributed by atoms with Gasteiger partial charge in [0, 0.05) is 18.7 Å². The van der Waals surface area contributed by atoms with E-state index in [1.807, 2.05) is 18.2 Å². The minimum atomic E-state index is -4.56. The number of urea groups is 1.